The lowest BCUT2D eigenvalue weighted by molar-refractivity contribution is 0.415. The Labute approximate surface area is 137 Å². The summed E-state index contributed by atoms with van der Waals surface area (Å²) in [4.78, 5) is 16.8. The van der Waals surface area contributed by atoms with Gasteiger partial charge in [0, 0.05) is 11.1 Å². The van der Waals surface area contributed by atoms with E-state index in [-0.39, 0.29) is 5.56 Å². The largest absolute Gasteiger partial charge is 0.497 e. The van der Waals surface area contributed by atoms with Crippen LogP contribution in [0.4, 0.5) is 0 Å². The number of hydrogen-bond donors (Lipinski definition) is 2. The molecule has 5 heteroatoms. The zero-order chi connectivity index (χ0) is 16.5. The molecule has 0 fully saturated rings. The minimum Gasteiger partial charge on any atom is -0.497 e. The van der Waals surface area contributed by atoms with Gasteiger partial charge in [-0.05, 0) is 23.8 Å². The van der Waals surface area contributed by atoms with E-state index in [1.807, 2.05) is 60.7 Å². The Morgan fingerprint density at radius 3 is 2.38 bits per heavy atom. The number of ether oxygens (including phenoxy) is 1. The second-order valence-electron chi connectivity index (χ2n) is 5.45. The van der Waals surface area contributed by atoms with Crippen molar-refractivity contribution in [3.05, 3.63) is 71.0 Å². The number of pyridine rings is 1. The molecule has 0 aliphatic carbocycles. The fourth-order valence-corrected chi connectivity index (χ4v) is 2.80. The van der Waals surface area contributed by atoms with Gasteiger partial charge in [-0.15, -0.1) is 0 Å². The van der Waals surface area contributed by atoms with Gasteiger partial charge in [0.05, 0.1) is 18.2 Å². The molecule has 4 aromatic rings. The molecule has 2 aromatic heterocycles. The van der Waals surface area contributed by atoms with Crippen LogP contribution in [0, 0.1) is 0 Å². The van der Waals surface area contributed by atoms with Crippen molar-refractivity contribution in [2.75, 3.05) is 7.11 Å². The minimum absolute atomic E-state index is 0.178. The van der Waals surface area contributed by atoms with Crippen LogP contribution < -0.4 is 10.3 Å². The van der Waals surface area contributed by atoms with Gasteiger partial charge in [-0.1, -0.05) is 42.5 Å². The van der Waals surface area contributed by atoms with Gasteiger partial charge in [-0.25, -0.2) is 4.98 Å². The number of methoxy groups -OCH3 is 1. The molecule has 2 aromatic carbocycles. The summed E-state index contributed by atoms with van der Waals surface area (Å²) in [6.45, 7) is 0. The molecule has 0 atom stereocenters. The first-order chi connectivity index (χ1) is 11.8. The standard InChI is InChI=1S/C19H15N3O2/c1-24-14-9-7-12(8-10-14)15-11-16(13-5-3-2-4-6-13)20-18-17(15)19(23)22-21-18/h2-11H,1H3,(H2,20,21,22,23). The number of nitrogens with zero attached hydrogens (tertiary/aromatic N) is 1. The Bertz CT molecular complexity index is 1050. The molecule has 118 valence electrons. The van der Waals surface area contributed by atoms with Crippen molar-refractivity contribution in [3.63, 3.8) is 0 Å². The third-order valence-electron chi connectivity index (χ3n) is 4.01. The lowest BCUT2D eigenvalue weighted by Gasteiger charge is -2.08. The zero-order valence-corrected chi connectivity index (χ0v) is 13.0. The number of aromatic amines is 2. The smallest absolute Gasteiger partial charge is 0.274 e. The van der Waals surface area contributed by atoms with Crippen LogP contribution in [0.15, 0.2) is 65.5 Å². The van der Waals surface area contributed by atoms with Gasteiger partial charge >= 0.3 is 0 Å². The van der Waals surface area contributed by atoms with Crippen LogP contribution in [0.25, 0.3) is 33.4 Å². The lowest BCUT2D eigenvalue weighted by atomic mass is 10.0. The summed E-state index contributed by atoms with van der Waals surface area (Å²) in [6.07, 6.45) is 0. The summed E-state index contributed by atoms with van der Waals surface area (Å²) < 4.78 is 5.21. The van der Waals surface area contributed by atoms with Crippen LogP contribution in [0.1, 0.15) is 0 Å². The molecule has 5 nitrogen and oxygen atoms in total. The van der Waals surface area contributed by atoms with E-state index in [0.29, 0.717) is 11.0 Å². The van der Waals surface area contributed by atoms with Gasteiger partial charge in [-0.3, -0.25) is 15.0 Å². The first-order valence-corrected chi connectivity index (χ1v) is 7.57. The van der Waals surface area contributed by atoms with E-state index in [1.54, 1.807) is 7.11 Å². The second kappa shape index (κ2) is 5.70. The van der Waals surface area contributed by atoms with E-state index >= 15 is 0 Å². The monoisotopic (exact) mass is 317 g/mol. The van der Waals surface area contributed by atoms with E-state index in [0.717, 1.165) is 28.1 Å². The normalized spacial score (nSPS) is 10.9. The number of rotatable bonds is 3. The van der Waals surface area contributed by atoms with Crippen molar-refractivity contribution >= 4 is 11.0 Å². The Morgan fingerprint density at radius 2 is 1.67 bits per heavy atom. The number of hydrogen-bond acceptors (Lipinski definition) is 3. The molecule has 0 amide bonds. The van der Waals surface area contributed by atoms with Gasteiger partial charge in [0.2, 0.25) is 0 Å². The summed E-state index contributed by atoms with van der Waals surface area (Å²) in [5.74, 6) is 0.773. The van der Waals surface area contributed by atoms with Gasteiger partial charge in [0.25, 0.3) is 5.56 Å². The molecule has 24 heavy (non-hydrogen) atoms. The second-order valence-corrected chi connectivity index (χ2v) is 5.45. The van der Waals surface area contributed by atoms with E-state index in [2.05, 4.69) is 15.2 Å². The number of benzene rings is 2. The molecule has 0 saturated heterocycles. The number of fused-ring (bicyclic) bond motifs is 1. The molecule has 0 bridgehead atoms. The van der Waals surface area contributed by atoms with Crippen LogP contribution in [0.5, 0.6) is 5.75 Å². The Morgan fingerprint density at radius 1 is 0.917 bits per heavy atom. The van der Waals surface area contributed by atoms with Crippen molar-refractivity contribution in [3.8, 4) is 28.1 Å². The van der Waals surface area contributed by atoms with Crippen molar-refractivity contribution in [2.45, 2.75) is 0 Å². The van der Waals surface area contributed by atoms with Gasteiger partial charge in [0.15, 0.2) is 5.65 Å². The van der Waals surface area contributed by atoms with Crippen molar-refractivity contribution in [1.82, 2.24) is 15.2 Å². The summed E-state index contributed by atoms with van der Waals surface area (Å²) in [5, 5.41) is 6.03. The highest BCUT2D eigenvalue weighted by atomic mass is 16.5. The van der Waals surface area contributed by atoms with Gasteiger partial charge in [-0.2, -0.15) is 0 Å². The maximum Gasteiger partial charge on any atom is 0.274 e. The van der Waals surface area contributed by atoms with E-state index in [4.69, 9.17) is 4.74 Å². The minimum atomic E-state index is -0.178. The van der Waals surface area contributed by atoms with Crippen LogP contribution in [-0.4, -0.2) is 22.3 Å². The highest BCUT2D eigenvalue weighted by Gasteiger charge is 2.13. The van der Waals surface area contributed by atoms with Crippen LogP contribution in [0.2, 0.25) is 0 Å². The molecular weight excluding hydrogens is 302 g/mol. The van der Waals surface area contributed by atoms with Crippen molar-refractivity contribution in [1.29, 1.82) is 0 Å². The molecule has 2 N–H and O–H groups in total. The summed E-state index contributed by atoms with van der Waals surface area (Å²) in [6, 6.07) is 19.5. The summed E-state index contributed by atoms with van der Waals surface area (Å²) in [5.41, 5.74) is 3.95. The summed E-state index contributed by atoms with van der Waals surface area (Å²) >= 11 is 0. The van der Waals surface area contributed by atoms with Crippen LogP contribution in [-0.2, 0) is 0 Å². The van der Waals surface area contributed by atoms with Crippen LogP contribution >= 0.6 is 0 Å². The Kier molecular flexibility index (Phi) is 3.39. The number of H-pyrrole nitrogens is 2. The molecule has 0 unspecified atom stereocenters. The molecule has 0 aliphatic heterocycles. The molecule has 4 rings (SSSR count). The molecular formula is C19H15N3O2. The third-order valence-corrected chi connectivity index (χ3v) is 4.01. The van der Waals surface area contributed by atoms with Crippen LogP contribution in [0.3, 0.4) is 0 Å². The van der Waals surface area contributed by atoms with Gasteiger partial charge in [0.1, 0.15) is 5.75 Å². The highest BCUT2D eigenvalue weighted by Crippen LogP contribution is 2.30. The number of aromatic nitrogens is 3. The molecule has 0 radical (unpaired) electrons. The van der Waals surface area contributed by atoms with Crippen molar-refractivity contribution < 1.29 is 4.74 Å². The first kappa shape index (κ1) is 14.3. The third kappa shape index (κ3) is 2.36. The van der Waals surface area contributed by atoms with E-state index in [1.165, 1.54) is 0 Å². The molecule has 2 heterocycles. The predicted octanol–water partition coefficient (Wildman–Crippen LogP) is 3.59. The lowest BCUT2D eigenvalue weighted by Crippen LogP contribution is -2.00. The Balaban J connectivity index is 1.98. The fraction of sp³-hybridized carbons (Fsp3) is 0.0526. The van der Waals surface area contributed by atoms with E-state index in [9.17, 15) is 4.79 Å². The molecule has 0 saturated carbocycles. The highest BCUT2D eigenvalue weighted by molar-refractivity contribution is 5.94. The van der Waals surface area contributed by atoms with Crippen molar-refractivity contribution in [2.24, 2.45) is 0 Å². The fourth-order valence-electron chi connectivity index (χ4n) is 2.80. The zero-order valence-electron chi connectivity index (χ0n) is 13.0. The first-order valence-electron chi connectivity index (χ1n) is 7.57. The Hall–Kier alpha value is -3.34. The summed E-state index contributed by atoms with van der Waals surface area (Å²) in [7, 11) is 1.63. The average molecular weight is 317 g/mol. The maximum atomic E-state index is 12.2. The van der Waals surface area contributed by atoms with Gasteiger partial charge < -0.3 is 4.74 Å². The maximum absolute atomic E-state index is 12.2. The average Bonchev–Trinajstić information content (AvgIpc) is 3.03. The van der Waals surface area contributed by atoms with E-state index < -0.39 is 0 Å². The molecule has 0 spiro atoms. The number of nitrogens with one attached hydrogen (secondary N) is 2. The SMILES string of the molecule is COc1ccc(-c2cc(-c3ccccc3)nc3[nH][nH]c(=O)c23)cc1. The topological polar surface area (TPSA) is 70.8 Å². The predicted molar refractivity (Wildman–Crippen MR) is 94.1 cm³/mol. The quantitative estimate of drug-likeness (QED) is 0.606. The molecule has 0 aliphatic rings.